The minimum atomic E-state index is -0.500. The molecule has 0 unspecified atom stereocenters. The zero-order chi connectivity index (χ0) is 22.2. The van der Waals surface area contributed by atoms with Crippen LogP contribution in [0.3, 0.4) is 0 Å². The lowest BCUT2D eigenvalue weighted by atomic mass is 10.0. The van der Waals surface area contributed by atoms with Crippen LogP contribution in [-0.4, -0.2) is 45.1 Å². The summed E-state index contributed by atoms with van der Waals surface area (Å²) in [5.74, 6) is -0.139. The first-order chi connectivity index (χ1) is 14.7. The second kappa shape index (κ2) is 8.34. The van der Waals surface area contributed by atoms with Gasteiger partial charge in [-0.05, 0) is 70.9 Å². The highest BCUT2D eigenvalue weighted by Crippen LogP contribution is 2.28. The number of carbonyl (C=O) groups excluding carboxylic acids is 2. The first kappa shape index (κ1) is 21.4. The molecule has 2 aromatic heterocycles. The number of amides is 2. The van der Waals surface area contributed by atoms with Crippen LogP contribution in [0.1, 0.15) is 55.2 Å². The predicted octanol–water partition coefficient (Wildman–Crippen LogP) is 5.23. The summed E-state index contributed by atoms with van der Waals surface area (Å²) in [6.07, 6.45) is 3.23. The Labute approximate surface area is 186 Å². The minimum absolute atomic E-state index is 0.139. The van der Waals surface area contributed by atoms with Crippen molar-refractivity contribution in [3.8, 4) is 0 Å². The number of aryl methyl sites for hydroxylation is 1. The normalized spacial score (nSPS) is 15.3. The summed E-state index contributed by atoms with van der Waals surface area (Å²) in [5, 5.41) is 4.02. The Morgan fingerprint density at radius 1 is 1.19 bits per heavy atom. The zero-order valence-electron chi connectivity index (χ0n) is 18.3. The molecule has 0 spiro atoms. The molecule has 0 aliphatic carbocycles. The van der Waals surface area contributed by atoms with Crippen molar-refractivity contribution in [1.29, 1.82) is 0 Å². The van der Waals surface area contributed by atoms with Crippen LogP contribution in [0.2, 0.25) is 0 Å². The first-order valence-electron chi connectivity index (χ1n) is 10.5. The molecule has 2 amide bonds. The number of hydrogen-bond donors (Lipinski definition) is 1. The highest BCUT2D eigenvalue weighted by molar-refractivity contribution is 7.18. The van der Waals surface area contributed by atoms with Gasteiger partial charge in [0, 0.05) is 31.0 Å². The number of ether oxygens (including phenoxy) is 1. The average Bonchev–Trinajstić information content (AvgIpc) is 3.32. The van der Waals surface area contributed by atoms with Gasteiger partial charge in [-0.2, -0.15) is 0 Å². The lowest BCUT2D eigenvalue weighted by Gasteiger charge is -2.34. The van der Waals surface area contributed by atoms with Gasteiger partial charge in [0.25, 0.3) is 5.91 Å². The van der Waals surface area contributed by atoms with E-state index in [-0.39, 0.29) is 18.0 Å². The van der Waals surface area contributed by atoms with E-state index >= 15 is 0 Å². The standard InChI is InChI=1S/C23H28N4O3S/c1-15-24-18-8-7-16(14-20(18)31-15)25-21(28)19-6-5-11-27(19)17-9-12-26(13-10-17)22(29)30-23(2,3)4/h5-8,11,14,17H,9-10,12-13H2,1-4H3,(H,25,28). The third-order valence-electron chi connectivity index (χ3n) is 5.27. The van der Waals surface area contributed by atoms with Gasteiger partial charge in [-0.25, -0.2) is 9.78 Å². The molecule has 164 valence electrons. The largest absolute Gasteiger partial charge is 0.444 e. The maximum atomic E-state index is 13.0. The lowest BCUT2D eigenvalue weighted by molar-refractivity contribution is 0.0187. The van der Waals surface area contributed by atoms with Crippen molar-refractivity contribution >= 4 is 39.2 Å². The Balaban J connectivity index is 1.41. The number of aromatic nitrogens is 2. The van der Waals surface area contributed by atoms with Crippen molar-refractivity contribution in [2.45, 2.75) is 52.2 Å². The number of fused-ring (bicyclic) bond motifs is 1. The van der Waals surface area contributed by atoms with E-state index in [4.69, 9.17) is 4.74 Å². The van der Waals surface area contributed by atoms with Gasteiger partial charge in [0.15, 0.2) is 0 Å². The highest BCUT2D eigenvalue weighted by atomic mass is 32.1. The number of rotatable bonds is 3. The van der Waals surface area contributed by atoms with Gasteiger partial charge in [0.1, 0.15) is 11.3 Å². The molecule has 0 radical (unpaired) electrons. The van der Waals surface area contributed by atoms with E-state index in [9.17, 15) is 9.59 Å². The summed E-state index contributed by atoms with van der Waals surface area (Å²) in [6, 6.07) is 9.67. The predicted molar refractivity (Wildman–Crippen MR) is 123 cm³/mol. The molecular weight excluding hydrogens is 412 g/mol. The fraction of sp³-hybridized carbons (Fsp3) is 0.435. The number of nitrogens with zero attached hydrogens (tertiary/aromatic N) is 3. The minimum Gasteiger partial charge on any atom is -0.444 e. The molecule has 1 aliphatic heterocycles. The van der Waals surface area contributed by atoms with Crippen molar-refractivity contribution in [1.82, 2.24) is 14.5 Å². The van der Waals surface area contributed by atoms with E-state index in [0.29, 0.717) is 18.8 Å². The smallest absolute Gasteiger partial charge is 0.410 e. The molecule has 1 fully saturated rings. The number of thiazole rings is 1. The van der Waals surface area contributed by atoms with E-state index < -0.39 is 5.60 Å². The van der Waals surface area contributed by atoms with Crippen LogP contribution in [0.5, 0.6) is 0 Å². The van der Waals surface area contributed by atoms with Gasteiger partial charge in [-0.3, -0.25) is 4.79 Å². The van der Waals surface area contributed by atoms with Crippen LogP contribution < -0.4 is 5.32 Å². The Kier molecular flexibility index (Phi) is 5.75. The van der Waals surface area contributed by atoms with Crippen LogP contribution in [0, 0.1) is 6.92 Å². The highest BCUT2D eigenvalue weighted by Gasteiger charge is 2.28. The molecule has 0 saturated carbocycles. The molecule has 1 aromatic carbocycles. The topological polar surface area (TPSA) is 76.5 Å². The molecule has 31 heavy (non-hydrogen) atoms. The molecular formula is C23H28N4O3S. The van der Waals surface area contributed by atoms with Crippen molar-refractivity contribution in [3.63, 3.8) is 0 Å². The second-order valence-corrected chi connectivity index (χ2v) is 10.1. The van der Waals surface area contributed by atoms with Crippen molar-refractivity contribution < 1.29 is 14.3 Å². The summed E-state index contributed by atoms with van der Waals surface area (Å²) < 4.78 is 8.56. The number of benzene rings is 1. The van der Waals surface area contributed by atoms with Gasteiger partial charge in [-0.15, -0.1) is 11.3 Å². The first-order valence-corrected chi connectivity index (χ1v) is 11.3. The lowest BCUT2D eigenvalue weighted by Crippen LogP contribution is -2.42. The van der Waals surface area contributed by atoms with Gasteiger partial charge in [0.2, 0.25) is 0 Å². The molecule has 1 aliphatic rings. The van der Waals surface area contributed by atoms with Crippen molar-refractivity contribution in [2.24, 2.45) is 0 Å². The van der Waals surface area contributed by atoms with E-state index in [2.05, 4.69) is 10.3 Å². The SMILES string of the molecule is Cc1nc2ccc(NC(=O)c3cccn3C3CCN(C(=O)OC(C)(C)C)CC3)cc2s1. The van der Waals surface area contributed by atoms with E-state index in [1.54, 1.807) is 16.2 Å². The molecule has 7 nitrogen and oxygen atoms in total. The van der Waals surface area contributed by atoms with Crippen molar-refractivity contribution in [3.05, 3.63) is 47.2 Å². The summed E-state index contributed by atoms with van der Waals surface area (Å²) in [6.45, 7) is 8.81. The van der Waals surface area contributed by atoms with Crippen LogP contribution in [0.15, 0.2) is 36.5 Å². The summed E-state index contributed by atoms with van der Waals surface area (Å²) in [4.78, 5) is 31.5. The number of carbonyl (C=O) groups is 2. The molecule has 8 heteroatoms. The second-order valence-electron chi connectivity index (χ2n) is 8.87. The van der Waals surface area contributed by atoms with E-state index in [1.165, 1.54) is 0 Å². The molecule has 3 heterocycles. The maximum absolute atomic E-state index is 13.0. The van der Waals surface area contributed by atoms with Crippen LogP contribution in [0.25, 0.3) is 10.2 Å². The summed E-state index contributed by atoms with van der Waals surface area (Å²) in [5.41, 5.74) is 1.83. The Hall–Kier alpha value is -2.87. The third kappa shape index (κ3) is 4.90. The quantitative estimate of drug-likeness (QED) is 0.605. The summed E-state index contributed by atoms with van der Waals surface area (Å²) in [7, 11) is 0. The van der Waals surface area contributed by atoms with Gasteiger partial charge < -0.3 is 19.5 Å². The van der Waals surface area contributed by atoms with E-state index in [1.807, 2.05) is 68.8 Å². The third-order valence-corrected chi connectivity index (χ3v) is 6.21. The number of anilines is 1. The Bertz CT molecular complexity index is 1100. The summed E-state index contributed by atoms with van der Waals surface area (Å²) >= 11 is 1.61. The van der Waals surface area contributed by atoms with E-state index in [0.717, 1.165) is 33.8 Å². The molecule has 3 aromatic rings. The zero-order valence-corrected chi connectivity index (χ0v) is 19.2. The fourth-order valence-electron chi connectivity index (χ4n) is 3.87. The van der Waals surface area contributed by atoms with Crippen molar-refractivity contribution in [2.75, 3.05) is 18.4 Å². The number of likely N-dealkylation sites (tertiary alicyclic amines) is 1. The molecule has 0 bridgehead atoms. The Morgan fingerprint density at radius 2 is 1.94 bits per heavy atom. The molecule has 1 saturated heterocycles. The van der Waals surface area contributed by atoms with Gasteiger partial charge in [0.05, 0.1) is 15.2 Å². The monoisotopic (exact) mass is 440 g/mol. The molecule has 0 atom stereocenters. The maximum Gasteiger partial charge on any atom is 0.410 e. The number of hydrogen-bond acceptors (Lipinski definition) is 5. The molecule has 4 rings (SSSR count). The van der Waals surface area contributed by atoms with Gasteiger partial charge in [-0.1, -0.05) is 0 Å². The Morgan fingerprint density at radius 3 is 2.65 bits per heavy atom. The number of nitrogens with one attached hydrogen (secondary N) is 1. The van der Waals surface area contributed by atoms with Crippen LogP contribution in [0.4, 0.5) is 10.5 Å². The number of piperidine rings is 1. The van der Waals surface area contributed by atoms with Gasteiger partial charge >= 0.3 is 6.09 Å². The fourth-order valence-corrected chi connectivity index (χ4v) is 4.74. The van der Waals surface area contributed by atoms with Crippen LogP contribution in [-0.2, 0) is 4.74 Å². The molecule has 1 N–H and O–H groups in total. The van der Waals surface area contributed by atoms with Crippen LogP contribution >= 0.6 is 11.3 Å². The average molecular weight is 441 g/mol.